The van der Waals surface area contributed by atoms with Crippen LogP contribution in [-0.2, 0) is 19.6 Å². The van der Waals surface area contributed by atoms with Gasteiger partial charge in [0, 0.05) is 12.1 Å². The van der Waals surface area contributed by atoms with Crippen molar-refractivity contribution in [2.24, 2.45) is 0 Å². The third-order valence-corrected chi connectivity index (χ3v) is 6.28. The first-order valence-electron chi connectivity index (χ1n) is 8.30. The van der Waals surface area contributed by atoms with Crippen molar-refractivity contribution in [1.82, 2.24) is 4.72 Å². The molecule has 154 valence electrons. The topological polar surface area (TPSA) is 108 Å². The number of nitrogens with one attached hydrogen (secondary N) is 1. The highest BCUT2D eigenvalue weighted by molar-refractivity contribution is 7.89. The molecule has 0 spiro atoms. The van der Waals surface area contributed by atoms with Gasteiger partial charge in [0.15, 0.2) is 23.9 Å². The van der Waals surface area contributed by atoms with Crippen molar-refractivity contribution >= 4 is 45.0 Å². The molecule has 0 radical (unpaired) electrons. The summed E-state index contributed by atoms with van der Waals surface area (Å²) in [4.78, 5) is 23.7. The first kappa shape index (κ1) is 21.4. The SMILES string of the molecule is O=C(CCNS(=O)(=O)c1c(Cl)cccc1Cl)OCC(=O)c1ccc2c(c1)OCO2. The molecule has 0 bridgehead atoms. The smallest absolute Gasteiger partial charge is 0.307 e. The van der Waals surface area contributed by atoms with Crippen LogP contribution in [0.1, 0.15) is 16.8 Å². The Labute approximate surface area is 176 Å². The van der Waals surface area contributed by atoms with Crippen molar-refractivity contribution in [3.63, 3.8) is 0 Å². The highest BCUT2D eigenvalue weighted by Crippen LogP contribution is 2.32. The first-order valence-corrected chi connectivity index (χ1v) is 10.5. The molecule has 8 nitrogen and oxygen atoms in total. The normalized spacial score (nSPS) is 12.6. The van der Waals surface area contributed by atoms with Gasteiger partial charge >= 0.3 is 5.97 Å². The molecule has 0 saturated heterocycles. The number of benzene rings is 2. The molecule has 1 aliphatic heterocycles. The van der Waals surface area contributed by atoms with E-state index in [0.717, 1.165) is 0 Å². The van der Waals surface area contributed by atoms with Gasteiger partial charge in [-0.2, -0.15) is 0 Å². The maximum absolute atomic E-state index is 12.3. The molecule has 1 N–H and O–H groups in total. The van der Waals surface area contributed by atoms with E-state index in [2.05, 4.69) is 4.72 Å². The van der Waals surface area contributed by atoms with Crippen LogP contribution in [0.15, 0.2) is 41.3 Å². The van der Waals surface area contributed by atoms with E-state index in [1.807, 2.05) is 0 Å². The zero-order valence-corrected chi connectivity index (χ0v) is 17.1. The van der Waals surface area contributed by atoms with Crippen LogP contribution >= 0.6 is 23.2 Å². The molecule has 0 amide bonds. The Hall–Kier alpha value is -2.33. The summed E-state index contributed by atoms with van der Waals surface area (Å²) in [5.74, 6) is -0.202. The summed E-state index contributed by atoms with van der Waals surface area (Å²) in [5.41, 5.74) is 0.302. The summed E-state index contributed by atoms with van der Waals surface area (Å²) in [5, 5.41) is -0.0798. The lowest BCUT2D eigenvalue weighted by Crippen LogP contribution is -2.27. The standard InChI is InChI=1S/C18H15Cl2NO7S/c19-12-2-1-3-13(20)18(12)29(24,25)21-7-6-17(23)26-9-14(22)11-4-5-15-16(8-11)28-10-27-15/h1-5,8,21H,6-7,9-10H2. The van der Waals surface area contributed by atoms with Crippen molar-refractivity contribution in [2.45, 2.75) is 11.3 Å². The number of esters is 1. The third-order valence-electron chi connectivity index (χ3n) is 3.87. The third kappa shape index (κ3) is 5.18. The van der Waals surface area contributed by atoms with E-state index in [9.17, 15) is 18.0 Å². The summed E-state index contributed by atoms with van der Waals surface area (Å²) in [6.07, 6.45) is -0.282. The summed E-state index contributed by atoms with van der Waals surface area (Å²) >= 11 is 11.8. The number of ketones is 1. The Morgan fingerprint density at radius 1 is 1.07 bits per heavy atom. The van der Waals surface area contributed by atoms with Gasteiger partial charge in [-0.1, -0.05) is 29.3 Å². The Bertz CT molecular complexity index is 1040. The lowest BCUT2D eigenvalue weighted by Gasteiger charge is -2.10. The predicted molar refractivity (Wildman–Crippen MR) is 104 cm³/mol. The lowest BCUT2D eigenvalue weighted by atomic mass is 10.1. The molecule has 0 saturated carbocycles. The fourth-order valence-electron chi connectivity index (χ4n) is 2.47. The molecule has 0 atom stereocenters. The first-order chi connectivity index (χ1) is 13.8. The number of ether oxygens (including phenoxy) is 3. The number of rotatable bonds is 8. The summed E-state index contributed by atoms with van der Waals surface area (Å²) in [7, 11) is -4.01. The van der Waals surface area contributed by atoms with Gasteiger partial charge in [0.05, 0.1) is 16.5 Å². The van der Waals surface area contributed by atoms with Crippen LogP contribution in [0.3, 0.4) is 0 Å². The predicted octanol–water partition coefficient (Wildman–Crippen LogP) is 2.82. The highest BCUT2D eigenvalue weighted by atomic mass is 35.5. The number of Topliss-reactive ketones (excluding diaryl/α,β-unsaturated/α-hetero) is 1. The van der Waals surface area contributed by atoms with E-state index in [1.165, 1.54) is 30.3 Å². The zero-order chi connectivity index (χ0) is 21.0. The molecular formula is C18H15Cl2NO7S. The number of fused-ring (bicyclic) bond motifs is 1. The van der Waals surface area contributed by atoms with Crippen LogP contribution < -0.4 is 14.2 Å². The Morgan fingerprint density at radius 3 is 2.48 bits per heavy atom. The van der Waals surface area contributed by atoms with Gasteiger partial charge in [0.1, 0.15) is 4.90 Å². The van der Waals surface area contributed by atoms with Gasteiger partial charge in [0.25, 0.3) is 0 Å². The van der Waals surface area contributed by atoms with Crippen molar-refractivity contribution in [2.75, 3.05) is 19.9 Å². The summed E-state index contributed by atoms with van der Waals surface area (Å²) in [6.45, 7) is -0.653. The van der Waals surface area contributed by atoms with Gasteiger partial charge < -0.3 is 14.2 Å². The second kappa shape index (κ2) is 9.00. The lowest BCUT2D eigenvalue weighted by molar-refractivity contribution is -0.142. The second-order valence-corrected chi connectivity index (χ2v) is 8.37. The molecule has 0 aromatic heterocycles. The molecular weight excluding hydrogens is 445 g/mol. The van der Waals surface area contributed by atoms with Crippen LogP contribution in [0.2, 0.25) is 10.0 Å². The molecule has 29 heavy (non-hydrogen) atoms. The molecule has 0 unspecified atom stereocenters. The van der Waals surface area contributed by atoms with Gasteiger partial charge in [-0.3, -0.25) is 9.59 Å². The van der Waals surface area contributed by atoms with E-state index >= 15 is 0 Å². The largest absolute Gasteiger partial charge is 0.457 e. The van der Waals surface area contributed by atoms with E-state index in [1.54, 1.807) is 6.07 Å². The summed E-state index contributed by atoms with van der Waals surface area (Å²) in [6, 6.07) is 8.91. The van der Waals surface area contributed by atoms with Gasteiger partial charge in [-0.05, 0) is 30.3 Å². The number of carbonyl (C=O) groups excluding carboxylic acids is 2. The average molecular weight is 460 g/mol. The minimum atomic E-state index is -4.01. The molecule has 0 aliphatic carbocycles. The zero-order valence-electron chi connectivity index (χ0n) is 14.8. The molecule has 1 heterocycles. The van der Waals surface area contributed by atoms with Crippen molar-refractivity contribution < 1.29 is 32.2 Å². The van der Waals surface area contributed by atoms with Crippen molar-refractivity contribution in [3.8, 4) is 11.5 Å². The highest BCUT2D eigenvalue weighted by Gasteiger charge is 2.22. The van der Waals surface area contributed by atoms with Gasteiger partial charge in [-0.25, -0.2) is 13.1 Å². The molecule has 1 aliphatic rings. The minimum absolute atomic E-state index is 0.0399. The molecule has 2 aromatic carbocycles. The van der Waals surface area contributed by atoms with E-state index in [-0.39, 0.29) is 34.7 Å². The van der Waals surface area contributed by atoms with Crippen LogP contribution in [0.25, 0.3) is 0 Å². The summed E-state index contributed by atoms with van der Waals surface area (Å²) < 4.78 is 42.0. The Balaban J connectivity index is 1.48. The minimum Gasteiger partial charge on any atom is -0.457 e. The van der Waals surface area contributed by atoms with Crippen LogP contribution in [0.4, 0.5) is 0 Å². The van der Waals surface area contributed by atoms with E-state index < -0.39 is 28.4 Å². The fraction of sp³-hybridized carbons (Fsp3) is 0.222. The number of hydrogen-bond acceptors (Lipinski definition) is 7. The van der Waals surface area contributed by atoms with Crippen molar-refractivity contribution in [1.29, 1.82) is 0 Å². The van der Waals surface area contributed by atoms with E-state index in [4.69, 9.17) is 37.4 Å². The Morgan fingerprint density at radius 2 is 1.76 bits per heavy atom. The van der Waals surface area contributed by atoms with Gasteiger partial charge in [0.2, 0.25) is 16.8 Å². The molecule has 2 aromatic rings. The second-order valence-electron chi connectivity index (χ2n) is 5.85. The average Bonchev–Trinajstić information content (AvgIpc) is 3.13. The number of carbonyl (C=O) groups is 2. The molecule has 3 rings (SSSR count). The van der Waals surface area contributed by atoms with Gasteiger partial charge in [-0.15, -0.1) is 0 Å². The molecule has 0 fully saturated rings. The molecule has 11 heteroatoms. The van der Waals surface area contributed by atoms with Crippen LogP contribution in [0.5, 0.6) is 11.5 Å². The maximum Gasteiger partial charge on any atom is 0.307 e. The number of sulfonamides is 1. The Kier molecular flexibility index (Phi) is 6.63. The monoisotopic (exact) mass is 459 g/mol. The fourth-order valence-corrected chi connectivity index (χ4v) is 4.64. The quantitative estimate of drug-likeness (QED) is 0.477. The number of halogens is 2. The van der Waals surface area contributed by atoms with Crippen LogP contribution in [-0.4, -0.2) is 40.1 Å². The van der Waals surface area contributed by atoms with E-state index in [0.29, 0.717) is 17.1 Å². The van der Waals surface area contributed by atoms with Crippen LogP contribution in [0, 0.1) is 0 Å². The maximum atomic E-state index is 12.3. The number of hydrogen-bond donors (Lipinski definition) is 1. The van der Waals surface area contributed by atoms with Crippen molar-refractivity contribution in [3.05, 3.63) is 52.0 Å².